The molecule has 0 aromatic carbocycles. The van der Waals surface area contributed by atoms with Gasteiger partial charge in [0.05, 0.1) is 11.8 Å². The Balaban J connectivity index is 3.37. The quantitative estimate of drug-likeness (QED) is 0.510. The highest BCUT2D eigenvalue weighted by atomic mass is 16.1. The minimum atomic E-state index is -0.364. The number of H-pyrrole nitrogens is 1. The lowest BCUT2D eigenvalue weighted by molar-refractivity contribution is 1.02. The number of aryl methyl sites for hydroxylation is 1. The first kappa shape index (κ1) is 6.56. The first-order chi connectivity index (χ1) is 4.74. The molecule has 0 fully saturated rings. The molecule has 3 nitrogen and oxygen atoms in total. The van der Waals surface area contributed by atoms with E-state index in [1.165, 1.54) is 6.20 Å². The summed E-state index contributed by atoms with van der Waals surface area (Å²) in [7, 11) is 0. The SMILES string of the molecule is C#Cc1cnc(=O)[nH]c1C. The number of nitrogens with zero attached hydrogens (tertiary/aromatic N) is 1. The maximum absolute atomic E-state index is 10.5. The van der Waals surface area contributed by atoms with Gasteiger partial charge in [0.1, 0.15) is 0 Å². The molecule has 1 rings (SSSR count). The highest BCUT2D eigenvalue weighted by molar-refractivity contribution is 5.31. The third kappa shape index (κ3) is 1.06. The largest absolute Gasteiger partial charge is 0.345 e. The predicted octanol–water partition coefficient (Wildman–Crippen LogP) is 0.0596. The van der Waals surface area contributed by atoms with Crippen molar-refractivity contribution >= 4 is 0 Å². The zero-order valence-electron chi connectivity index (χ0n) is 5.51. The molecule has 0 radical (unpaired) electrons. The zero-order chi connectivity index (χ0) is 7.56. The van der Waals surface area contributed by atoms with Crippen molar-refractivity contribution in [2.45, 2.75) is 6.92 Å². The topological polar surface area (TPSA) is 45.8 Å². The van der Waals surface area contributed by atoms with Gasteiger partial charge in [0.25, 0.3) is 0 Å². The van der Waals surface area contributed by atoms with Gasteiger partial charge in [0.15, 0.2) is 0 Å². The van der Waals surface area contributed by atoms with E-state index in [9.17, 15) is 4.79 Å². The second-order valence-electron chi connectivity index (χ2n) is 1.87. The van der Waals surface area contributed by atoms with Crippen molar-refractivity contribution in [1.29, 1.82) is 0 Å². The summed E-state index contributed by atoms with van der Waals surface area (Å²) in [5.41, 5.74) is 0.943. The van der Waals surface area contributed by atoms with Gasteiger partial charge in [-0.2, -0.15) is 0 Å². The summed E-state index contributed by atoms with van der Waals surface area (Å²) in [4.78, 5) is 16.5. The second-order valence-corrected chi connectivity index (χ2v) is 1.87. The molecule has 0 saturated carbocycles. The summed E-state index contributed by atoms with van der Waals surface area (Å²) >= 11 is 0. The first-order valence-corrected chi connectivity index (χ1v) is 2.76. The van der Waals surface area contributed by atoms with Crippen LogP contribution in [0.3, 0.4) is 0 Å². The molecule has 3 heteroatoms. The summed E-state index contributed by atoms with van der Waals surface area (Å²) < 4.78 is 0. The number of hydrogen-bond donors (Lipinski definition) is 1. The average Bonchev–Trinajstić information content (AvgIpc) is 1.88. The maximum atomic E-state index is 10.5. The smallest absolute Gasteiger partial charge is 0.309 e. The van der Waals surface area contributed by atoms with Crippen LogP contribution in [0.25, 0.3) is 0 Å². The second kappa shape index (κ2) is 2.36. The van der Waals surface area contributed by atoms with Gasteiger partial charge in [-0.05, 0) is 6.92 Å². The summed E-state index contributed by atoms with van der Waals surface area (Å²) in [6.45, 7) is 1.73. The molecule has 10 heavy (non-hydrogen) atoms. The van der Waals surface area contributed by atoms with Crippen LogP contribution in [0.5, 0.6) is 0 Å². The van der Waals surface area contributed by atoms with E-state index in [0.717, 1.165) is 0 Å². The van der Waals surface area contributed by atoms with Crippen LogP contribution in [-0.2, 0) is 0 Å². The van der Waals surface area contributed by atoms with E-state index in [2.05, 4.69) is 15.9 Å². The highest BCUT2D eigenvalue weighted by Gasteiger charge is 1.93. The Kier molecular flexibility index (Phi) is 1.55. The van der Waals surface area contributed by atoms with Gasteiger partial charge in [0.2, 0.25) is 0 Å². The highest BCUT2D eigenvalue weighted by Crippen LogP contribution is 1.94. The molecule has 0 saturated heterocycles. The third-order valence-corrected chi connectivity index (χ3v) is 1.16. The van der Waals surface area contributed by atoms with Gasteiger partial charge in [-0.1, -0.05) is 5.92 Å². The van der Waals surface area contributed by atoms with E-state index in [0.29, 0.717) is 11.3 Å². The molecule has 0 aliphatic rings. The number of nitrogens with one attached hydrogen (secondary N) is 1. The Bertz CT molecular complexity index is 332. The number of rotatable bonds is 0. The molecule has 50 valence electrons. The fraction of sp³-hybridized carbons (Fsp3) is 0.143. The molecule has 0 aliphatic carbocycles. The lowest BCUT2D eigenvalue weighted by Crippen LogP contribution is -2.11. The van der Waals surface area contributed by atoms with Crippen molar-refractivity contribution in [3.05, 3.63) is 27.9 Å². The van der Waals surface area contributed by atoms with Crippen LogP contribution < -0.4 is 5.69 Å². The fourth-order valence-electron chi connectivity index (χ4n) is 0.626. The van der Waals surface area contributed by atoms with Crippen molar-refractivity contribution in [3.63, 3.8) is 0 Å². The van der Waals surface area contributed by atoms with E-state index in [1.54, 1.807) is 6.92 Å². The lowest BCUT2D eigenvalue weighted by Gasteiger charge is -1.92. The number of aromatic nitrogens is 2. The summed E-state index contributed by atoms with van der Waals surface area (Å²) in [6.07, 6.45) is 6.47. The van der Waals surface area contributed by atoms with E-state index in [1.807, 2.05) is 0 Å². The standard InChI is InChI=1S/C7H6N2O/c1-3-6-4-8-7(10)9-5(6)2/h1,4H,2H3,(H,8,9,10). The third-order valence-electron chi connectivity index (χ3n) is 1.16. The van der Waals surface area contributed by atoms with Gasteiger partial charge < -0.3 is 4.98 Å². The molecule has 0 unspecified atom stereocenters. The number of hydrogen-bond acceptors (Lipinski definition) is 2. The van der Waals surface area contributed by atoms with Crippen molar-refractivity contribution in [2.75, 3.05) is 0 Å². The van der Waals surface area contributed by atoms with Crippen molar-refractivity contribution in [1.82, 2.24) is 9.97 Å². The summed E-state index contributed by atoms with van der Waals surface area (Å²) in [5, 5.41) is 0. The van der Waals surface area contributed by atoms with Gasteiger partial charge in [-0.25, -0.2) is 9.78 Å². The van der Waals surface area contributed by atoms with Crippen LogP contribution >= 0.6 is 0 Å². The number of terminal acetylenes is 1. The summed E-state index contributed by atoms with van der Waals surface area (Å²) in [6, 6.07) is 0. The molecular weight excluding hydrogens is 128 g/mol. The van der Waals surface area contributed by atoms with Crippen molar-refractivity contribution in [3.8, 4) is 12.3 Å². The molecular formula is C7H6N2O. The Morgan fingerprint density at radius 1 is 1.80 bits per heavy atom. The molecule has 0 amide bonds. The molecule has 0 aliphatic heterocycles. The van der Waals surface area contributed by atoms with Crippen molar-refractivity contribution < 1.29 is 0 Å². The van der Waals surface area contributed by atoms with Crippen LogP contribution in [0.1, 0.15) is 11.3 Å². The van der Waals surface area contributed by atoms with Crippen LogP contribution in [-0.4, -0.2) is 9.97 Å². The van der Waals surface area contributed by atoms with Crippen LogP contribution in [0, 0.1) is 19.3 Å². The lowest BCUT2D eigenvalue weighted by atomic mass is 10.3. The molecule has 0 spiro atoms. The molecule has 1 heterocycles. The van der Waals surface area contributed by atoms with Gasteiger partial charge in [-0.3, -0.25) is 0 Å². The van der Waals surface area contributed by atoms with Crippen LogP contribution in [0.2, 0.25) is 0 Å². The van der Waals surface area contributed by atoms with E-state index in [-0.39, 0.29) is 5.69 Å². The minimum Gasteiger partial charge on any atom is -0.309 e. The Labute approximate surface area is 58.1 Å². The molecule has 1 N–H and O–H groups in total. The Hall–Kier alpha value is -1.56. The maximum Gasteiger partial charge on any atom is 0.345 e. The van der Waals surface area contributed by atoms with E-state index < -0.39 is 0 Å². The molecule has 1 aromatic rings. The predicted molar refractivity (Wildman–Crippen MR) is 37.5 cm³/mol. The summed E-state index contributed by atoms with van der Waals surface area (Å²) in [5.74, 6) is 2.39. The van der Waals surface area contributed by atoms with E-state index >= 15 is 0 Å². The first-order valence-electron chi connectivity index (χ1n) is 2.76. The van der Waals surface area contributed by atoms with Crippen LogP contribution in [0.4, 0.5) is 0 Å². The monoisotopic (exact) mass is 134 g/mol. The van der Waals surface area contributed by atoms with Crippen molar-refractivity contribution in [2.24, 2.45) is 0 Å². The van der Waals surface area contributed by atoms with Gasteiger partial charge >= 0.3 is 5.69 Å². The van der Waals surface area contributed by atoms with Gasteiger partial charge in [-0.15, -0.1) is 6.42 Å². The van der Waals surface area contributed by atoms with Gasteiger partial charge in [0, 0.05) is 5.69 Å². The molecule has 0 atom stereocenters. The average molecular weight is 134 g/mol. The zero-order valence-corrected chi connectivity index (χ0v) is 5.51. The number of aromatic amines is 1. The normalized spacial score (nSPS) is 8.80. The Morgan fingerprint density at radius 3 is 3.00 bits per heavy atom. The van der Waals surface area contributed by atoms with E-state index in [4.69, 9.17) is 6.42 Å². The Morgan fingerprint density at radius 2 is 2.50 bits per heavy atom. The fourth-order valence-corrected chi connectivity index (χ4v) is 0.626. The van der Waals surface area contributed by atoms with Crippen LogP contribution in [0.15, 0.2) is 11.0 Å². The minimum absolute atomic E-state index is 0.364. The molecule has 1 aromatic heterocycles. The molecule has 0 bridgehead atoms.